The fourth-order valence-electron chi connectivity index (χ4n) is 3.17. The molecule has 0 saturated carbocycles. The van der Waals surface area contributed by atoms with Crippen LogP contribution in [-0.2, 0) is 4.74 Å². The molecule has 1 aromatic heterocycles. The first-order valence-corrected chi connectivity index (χ1v) is 7.55. The second-order valence-corrected chi connectivity index (χ2v) is 6.47. The number of para-hydroxylation sites is 2. The predicted molar refractivity (Wildman–Crippen MR) is 84.6 cm³/mol. The van der Waals surface area contributed by atoms with E-state index in [2.05, 4.69) is 23.8 Å². The van der Waals surface area contributed by atoms with Crippen molar-refractivity contribution in [1.29, 1.82) is 0 Å². The molecule has 3 rings (SSSR count). The maximum absolute atomic E-state index is 12.7. The Hall–Kier alpha value is -2.01. The molecular weight excluding hydrogens is 278 g/mol. The summed E-state index contributed by atoms with van der Waals surface area (Å²) in [6.45, 7) is 5.62. The van der Waals surface area contributed by atoms with Crippen LogP contribution in [-0.4, -0.2) is 47.1 Å². The normalized spacial score (nSPS) is 21.0. The van der Waals surface area contributed by atoms with E-state index in [9.17, 15) is 4.79 Å². The largest absolute Gasteiger partial charge is 0.381 e. The van der Waals surface area contributed by atoms with E-state index in [-0.39, 0.29) is 17.4 Å². The van der Waals surface area contributed by atoms with Crippen molar-refractivity contribution in [2.75, 3.05) is 20.2 Å². The number of hydrogen-bond donors (Lipinski definition) is 0. The molecule has 5 nitrogen and oxygen atoms in total. The Balaban J connectivity index is 1.84. The molecule has 0 N–H and O–H groups in total. The summed E-state index contributed by atoms with van der Waals surface area (Å²) < 4.78 is 5.53. The van der Waals surface area contributed by atoms with Crippen molar-refractivity contribution in [3.8, 4) is 0 Å². The van der Waals surface area contributed by atoms with Gasteiger partial charge in [0.1, 0.15) is 5.69 Å². The average Bonchev–Trinajstić information content (AvgIpc) is 2.52. The van der Waals surface area contributed by atoms with Crippen molar-refractivity contribution in [3.05, 3.63) is 36.2 Å². The van der Waals surface area contributed by atoms with Gasteiger partial charge in [0.25, 0.3) is 5.91 Å². The van der Waals surface area contributed by atoms with Crippen LogP contribution in [0.4, 0.5) is 0 Å². The van der Waals surface area contributed by atoms with Gasteiger partial charge in [-0.05, 0) is 18.6 Å². The number of aromatic nitrogens is 2. The summed E-state index contributed by atoms with van der Waals surface area (Å²) in [6.07, 6.45) is 2.59. The van der Waals surface area contributed by atoms with E-state index >= 15 is 0 Å². The molecule has 1 aliphatic rings. The van der Waals surface area contributed by atoms with Gasteiger partial charge in [-0.1, -0.05) is 26.0 Å². The minimum absolute atomic E-state index is 0.0547. The highest BCUT2D eigenvalue weighted by atomic mass is 16.5. The van der Waals surface area contributed by atoms with Gasteiger partial charge in [-0.25, -0.2) is 4.98 Å². The van der Waals surface area contributed by atoms with Gasteiger partial charge < -0.3 is 9.64 Å². The molecule has 0 radical (unpaired) electrons. The third-order valence-electron chi connectivity index (χ3n) is 4.37. The number of benzene rings is 1. The smallest absolute Gasteiger partial charge is 0.274 e. The summed E-state index contributed by atoms with van der Waals surface area (Å²) in [6, 6.07) is 7.58. The topological polar surface area (TPSA) is 55.3 Å². The van der Waals surface area contributed by atoms with Crippen LogP contribution < -0.4 is 0 Å². The van der Waals surface area contributed by atoms with E-state index < -0.39 is 0 Å². The van der Waals surface area contributed by atoms with Crippen molar-refractivity contribution in [3.63, 3.8) is 0 Å². The number of piperidine rings is 1. The van der Waals surface area contributed by atoms with Gasteiger partial charge in [-0.3, -0.25) is 9.78 Å². The highest BCUT2D eigenvalue weighted by molar-refractivity contribution is 5.93. The lowest BCUT2D eigenvalue weighted by atomic mass is 9.81. The lowest BCUT2D eigenvalue weighted by Crippen LogP contribution is -2.51. The molecule has 22 heavy (non-hydrogen) atoms. The van der Waals surface area contributed by atoms with Gasteiger partial charge in [0.2, 0.25) is 0 Å². The molecule has 1 saturated heterocycles. The molecule has 2 heterocycles. The number of carbonyl (C=O) groups is 1. The molecule has 1 amide bonds. The van der Waals surface area contributed by atoms with Crippen LogP contribution in [0.1, 0.15) is 30.8 Å². The van der Waals surface area contributed by atoms with Gasteiger partial charge in [0.05, 0.1) is 23.3 Å². The number of rotatable bonds is 2. The zero-order valence-corrected chi connectivity index (χ0v) is 13.2. The Morgan fingerprint density at radius 2 is 2.05 bits per heavy atom. The van der Waals surface area contributed by atoms with Crippen molar-refractivity contribution in [2.45, 2.75) is 26.4 Å². The molecule has 0 bridgehead atoms. The molecule has 1 aromatic carbocycles. The third-order valence-corrected chi connectivity index (χ3v) is 4.37. The standard InChI is InChI=1S/C17H21N3O2/c1-17(2)11-20(9-8-15(17)22-3)16(21)14-10-18-12-6-4-5-7-13(12)19-14/h4-7,10,15H,8-9,11H2,1-3H3/t15-/m0/s1. The van der Waals surface area contributed by atoms with Gasteiger partial charge in [0, 0.05) is 25.6 Å². The fourth-order valence-corrected chi connectivity index (χ4v) is 3.17. The lowest BCUT2D eigenvalue weighted by molar-refractivity contribution is -0.0444. The first-order valence-electron chi connectivity index (χ1n) is 7.55. The summed E-state index contributed by atoms with van der Waals surface area (Å²) in [5.74, 6) is -0.0547. The van der Waals surface area contributed by atoms with E-state index in [4.69, 9.17) is 4.74 Å². The number of fused-ring (bicyclic) bond motifs is 1. The number of hydrogen-bond acceptors (Lipinski definition) is 4. The zero-order chi connectivity index (χ0) is 15.7. The molecule has 116 valence electrons. The number of likely N-dealkylation sites (tertiary alicyclic amines) is 1. The first-order chi connectivity index (χ1) is 10.5. The molecule has 1 fully saturated rings. The van der Waals surface area contributed by atoms with Crippen LogP contribution in [0.15, 0.2) is 30.5 Å². The van der Waals surface area contributed by atoms with Crippen molar-refractivity contribution >= 4 is 16.9 Å². The van der Waals surface area contributed by atoms with Gasteiger partial charge >= 0.3 is 0 Å². The minimum atomic E-state index is -0.0626. The molecule has 2 aromatic rings. The van der Waals surface area contributed by atoms with E-state index in [0.29, 0.717) is 18.8 Å². The molecule has 0 unspecified atom stereocenters. The minimum Gasteiger partial charge on any atom is -0.381 e. The van der Waals surface area contributed by atoms with Crippen molar-refractivity contribution in [2.24, 2.45) is 5.41 Å². The monoisotopic (exact) mass is 299 g/mol. The Morgan fingerprint density at radius 1 is 1.32 bits per heavy atom. The van der Waals surface area contributed by atoms with Gasteiger partial charge in [0.15, 0.2) is 0 Å². The number of ether oxygens (including phenoxy) is 1. The summed E-state index contributed by atoms with van der Waals surface area (Å²) in [4.78, 5) is 23.3. The Bertz CT molecular complexity index is 699. The lowest BCUT2D eigenvalue weighted by Gasteiger charge is -2.43. The third kappa shape index (κ3) is 2.68. The maximum atomic E-state index is 12.7. The van der Waals surface area contributed by atoms with Crippen molar-refractivity contribution < 1.29 is 9.53 Å². The summed E-state index contributed by atoms with van der Waals surface area (Å²) in [5.41, 5.74) is 1.90. The summed E-state index contributed by atoms with van der Waals surface area (Å²) in [7, 11) is 1.73. The number of amides is 1. The summed E-state index contributed by atoms with van der Waals surface area (Å²) >= 11 is 0. The van der Waals surface area contributed by atoms with E-state index in [0.717, 1.165) is 17.5 Å². The van der Waals surface area contributed by atoms with Gasteiger partial charge in [-0.2, -0.15) is 0 Å². The molecule has 1 aliphatic heterocycles. The zero-order valence-electron chi connectivity index (χ0n) is 13.2. The van der Waals surface area contributed by atoms with Crippen LogP contribution in [0.3, 0.4) is 0 Å². The maximum Gasteiger partial charge on any atom is 0.274 e. The van der Waals surface area contributed by atoms with Crippen LogP contribution in [0.25, 0.3) is 11.0 Å². The number of carbonyl (C=O) groups excluding carboxylic acids is 1. The van der Waals surface area contributed by atoms with E-state index in [1.54, 1.807) is 13.3 Å². The average molecular weight is 299 g/mol. The second kappa shape index (κ2) is 5.65. The highest BCUT2D eigenvalue weighted by Gasteiger charge is 2.38. The molecule has 0 spiro atoms. The van der Waals surface area contributed by atoms with Crippen LogP contribution in [0.2, 0.25) is 0 Å². The number of methoxy groups -OCH3 is 1. The van der Waals surface area contributed by atoms with Crippen LogP contribution >= 0.6 is 0 Å². The Labute approximate surface area is 130 Å². The Kier molecular flexibility index (Phi) is 3.83. The quantitative estimate of drug-likeness (QED) is 0.855. The molecule has 1 atom stereocenters. The SMILES string of the molecule is CO[C@H]1CCN(C(=O)c2cnc3ccccc3n2)CC1(C)C. The van der Waals surface area contributed by atoms with E-state index in [1.165, 1.54) is 0 Å². The second-order valence-electron chi connectivity index (χ2n) is 6.47. The fraction of sp³-hybridized carbons (Fsp3) is 0.471. The molecular formula is C17H21N3O2. The summed E-state index contributed by atoms with van der Waals surface area (Å²) in [5, 5.41) is 0. The number of nitrogens with zero attached hydrogens (tertiary/aromatic N) is 3. The van der Waals surface area contributed by atoms with Crippen molar-refractivity contribution in [1.82, 2.24) is 14.9 Å². The first kappa shape index (κ1) is 14.9. The van der Waals surface area contributed by atoms with Gasteiger partial charge in [-0.15, -0.1) is 0 Å². The van der Waals surface area contributed by atoms with E-state index in [1.807, 2.05) is 29.2 Å². The Morgan fingerprint density at radius 3 is 2.73 bits per heavy atom. The molecule has 0 aliphatic carbocycles. The predicted octanol–water partition coefficient (Wildman–Crippen LogP) is 2.52. The van der Waals surface area contributed by atoms with Crippen LogP contribution in [0.5, 0.6) is 0 Å². The molecule has 5 heteroatoms. The van der Waals surface area contributed by atoms with Crippen LogP contribution in [0, 0.1) is 5.41 Å². The highest BCUT2D eigenvalue weighted by Crippen LogP contribution is 2.31.